The number of piperidine rings is 1. The molecule has 3 aromatic rings. The number of hydrogen-bond donors (Lipinski definition) is 0. The van der Waals surface area contributed by atoms with Gasteiger partial charge >= 0.3 is 0 Å². The van der Waals surface area contributed by atoms with Crippen molar-refractivity contribution in [2.45, 2.75) is 56.5 Å². The van der Waals surface area contributed by atoms with Crippen molar-refractivity contribution in [2.75, 3.05) is 13.1 Å². The van der Waals surface area contributed by atoms with Crippen LogP contribution in [-0.4, -0.2) is 36.6 Å². The van der Waals surface area contributed by atoms with Crippen molar-refractivity contribution in [2.24, 2.45) is 5.92 Å². The lowest BCUT2D eigenvalue weighted by atomic mass is 9.92. The van der Waals surface area contributed by atoms with E-state index in [0.29, 0.717) is 43.9 Å². The highest BCUT2D eigenvalue weighted by Gasteiger charge is 2.34. The fourth-order valence-corrected chi connectivity index (χ4v) is 7.25. The number of nitrogens with zero attached hydrogens (tertiary/aromatic N) is 2. The largest absolute Gasteiger partial charge is 0.467 e. The van der Waals surface area contributed by atoms with Crippen LogP contribution in [0.3, 0.4) is 0 Å². The van der Waals surface area contributed by atoms with Crippen LogP contribution in [0, 0.1) is 5.92 Å². The number of carbonyl (C=O) groups is 1. The average molecular weight is 499 g/mol. The van der Waals surface area contributed by atoms with Crippen LogP contribution in [0.15, 0.2) is 63.4 Å². The number of furan rings is 1. The summed E-state index contributed by atoms with van der Waals surface area (Å²) in [4.78, 5) is 16.8. The average Bonchev–Trinajstić information content (AvgIpc) is 3.57. The first-order valence-electron chi connectivity index (χ1n) is 12.0. The van der Waals surface area contributed by atoms with Gasteiger partial charge in [0.25, 0.3) is 0 Å². The van der Waals surface area contributed by atoms with Gasteiger partial charge in [0.05, 0.1) is 24.2 Å². The SMILES string of the molecule is O=C(C1CCN(S(=O)(=O)c2ccc3c(c2)CCCC3)CC1)N(Cc1ccco1)Cc1cccs1. The van der Waals surface area contributed by atoms with Gasteiger partial charge in [-0.3, -0.25) is 4.79 Å². The van der Waals surface area contributed by atoms with Gasteiger partial charge in [-0.05, 0) is 85.4 Å². The third-order valence-corrected chi connectivity index (χ3v) is 9.68. The molecule has 6 nitrogen and oxygen atoms in total. The van der Waals surface area contributed by atoms with Crippen molar-refractivity contribution in [3.8, 4) is 0 Å². The molecule has 2 aromatic heterocycles. The minimum absolute atomic E-state index is 0.0654. The number of amides is 1. The second-order valence-corrected chi connectivity index (χ2v) is 12.1. The predicted octanol–water partition coefficient (Wildman–Crippen LogP) is 4.85. The maximum atomic E-state index is 13.5. The zero-order valence-electron chi connectivity index (χ0n) is 19.2. The van der Waals surface area contributed by atoms with Gasteiger partial charge in [0.15, 0.2) is 0 Å². The van der Waals surface area contributed by atoms with Gasteiger partial charge in [-0.25, -0.2) is 8.42 Å². The number of thiophene rings is 1. The van der Waals surface area contributed by atoms with Crippen molar-refractivity contribution in [1.29, 1.82) is 0 Å². The summed E-state index contributed by atoms with van der Waals surface area (Å²) in [6.45, 7) is 1.68. The summed E-state index contributed by atoms with van der Waals surface area (Å²) in [7, 11) is -3.55. The molecule has 1 aromatic carbocycles. The molecule has 1 aliphatic carbocycles. The molecule has 0 saturated carbocycles. The van der Waals surface area contributed by atoms with Gasteiger partial charge in [0.2, 0.25) is 15.9 Å². The van der Waals surface area contributed by atoms with E-state index < -0.39 is 10.0 Å². The van der Waals surface area contributed by atoms with Crippen molar-refractivity contribution >= 4 is 27.3 Å². The van der Waals surface area contributed by atoms with E-state index in [1.165, 1.54) is 17.5 Å². The topological polar surface area (TPSA) is 70.8 Å². The summed E-state index contributed by atoms with van der Waals surface area (Å²) >= 11 is 1.63. The van der Waals surface area contributed by atoms with E-state index in [0.717, 1.165) is 29.9 Å². The summed E-state index contributed by atoms with van der Waals surface area (Å²) in [5, 5.41) is 2.01. The Labute approximate surface area is 205 Å². The van der Waals surface area contributed by atoms with E-state index >= 15 is 0 Å². The number of fused-ring (bicyclic) bond motifs is 1. The molecule has 1 aliphatic heterocycles. The van der Waals surface area contributed by atoms with Crippen LogP contribution in [0.5, 0.6) is 0 Å². The highest BCUT2D eigenvalue weighted by Crippen LogP contribution is 2.29. The number of rotatable bonds is 7. The summed E-state index contributed by atoms with van der Waals surface area (Å²) in [6, 6.07) is 13.3. The molecule has 2 aliphatic rings. The molecular formula is C26H30N2O4S2. The minimum atomic E-state index is -3.55. The van der Waals surface area contributed by atoms with E-state index in [4.69, 9.17) is 4.42 Å². The van der Waals surface area contributed by atoms with Gasteiger partial charge in [0.1, 0.15) is 5.76 Å². The minimum Gasteiger partial charge on any atom is -0.467 e. The number of sulfonamides is 1. The lowest BCUT2D eigenvalue weighted by Gasteiger charge is -2.33. The smallest absolute Gasteiger partial charge is 0.243 e. The van der Waals surface area contributed by atoms with Crippen LogP contribution in [0.1, 0.15) is 47.4 Å². The monoisotopic (exact) mass is 498 g/mol. The lowest BCUT2D eigenvalue weighted by Crippen LogP contribution is -2.44. The van der Waals surface area contributed by atoms with Crippen LogP contribution in [0.25, 0.3) is 0 Å². The summed E-state index contributed by atoms with van der Waals surface area (Å²) in [5.74, 6) is 0.623. The third-order valence-electron chi connectivity index (χ3n) is 6.93. The highest BCUT2D eigenvalue weighted by molar-refractivity contribution is 7.89. The van der Waals surface area contributed by atoms with E-state index in [1.54, 1.807) is 28.0 Å². The fourth-order valence-electron chi connectivity index (χ4n) is 5.01. The van der Waals surface area contributed by atoms with Crippen LogP contribution >= 0.6 is 11.3 Å². The van der Waals surface area contributed by atoms with Crippen molar-refractivity contribution in [3.05, 3.63) is 75.9 Å². The second kappa shape index (κ2) is 10.1. The van der Waals surface area contributed by atoms with Crippen LogP contribution in [0.4, 0.5) is 0 Å². The zero-order valence-corrected chi connectivity index (χ0v) is 20.8. The normalized spacial score (nSPS) is 17.4. The molecule has 5 rings (SSSR count). The van der Waals surface area contributed by atoms with Gasteiger partial charge in [-0.1, -0.05) is 12.1 Å². The van der Waals surface area contributed by atoms with E-state index in [1.807, 2.05) is 46.7 Å². The molecule has 34 heavy (non-hydrogen) atoms. The lowest BCUT2D eigenvalue weighted by molar-refractivity contribution is -0.138. The van der Waals surface area contributed by atoms with Crippen molar-refractivity contribution in [3.63, 3.8) is 0 Å². The number of carbonyl (C=O) groups excluding carboxylic acids is 1. The van der Waals surface area contributed by atoms with Gasteiger partial charge in [-0.2, -0.15) is 4.31 Å². The first-order valence-corrected chi connectivity index (χ1v) is 14.3. The van der Waals surface area contributed by atoms with Crippen LogP contribution < -0.4 is 0 Å². The molecule has 0 N–H and O–H groups in total. The van der Waals surface area contributed by atoms with E-state index in [2.05, 4.69) is 0 Å². The van der Waals surface area contributed by atoms with Crippen molar-refractivity contribution in [1.82, 2.24) is 9.21 Å². The molecule has 180 valence electrons. The zero-order chi connectivity index (χ0) is 23.5. The van der Waals surface area contributed by atoms with Crippen molar-refractivity contribution < 1.29 is 17.6 Å². The first kappa shape index (κ1) is 23.3. The second-order valence-electron chi connectivity index (χ2n) is 9.17. The standard InChI is InChI=1S/C26H30N2O4S2/c29-26(27(18-23-7-3-15-32-23)19-24-8-4-16-33-24)21-11-13-28(14-12-21)34(30,31)25-10-9-20-5-1-2-6-22(20)17-25/h3-4,7-10,15-17,21H,1-2,5-6,11-14,18-19H2. The number of hydrogen-bond acceptors (Lipinski definition) is 5. The Morgan fingerprint density at radius 1 is 1.03 bits per heavy atom. The highest BCUT2D eigenvalue weighted by atomic mass is 32.2. The Hall–Kier alpha value is -2.42. The molecule has 0 bridgehead atoms. The predicted molar refractivity (Wildman–Crippen MR) is 132 cm³/mol. The molecule has 8 heteroatoms. The molecule has 0 spiro atoms. The molecule has 1 amide bonds. The van der Waals surface area contributed by atoms with Gasteiger partial charge in [0, 0.05) is 23.9 Å². The Kier molecular flexibility index (Phi) is 6.90. The maximum Gasteiger partial charge on any atom is 0.243 e. The molecule has 3 heterocycles. The Morgan fingerprint density at radius 3 is 2.53 bits per heavy atom. The number of benzene rings is 1. The molecule has 1 fully saturated rings. The Balaban J connectivity index is 1.26. The van der Waals surface area contributed by atoms with Crippen LogP contribution in [0.2, 0.25) is 0 Å². The van der Waals surface area contributed by atoms with Gasteiger partial charge < -0.3 is 9.32 Å². The molecule has 0 atom stereocenters. The third kappa shape index (κ3) is 4.99. The van der Waals surface area contributed by atoms with E-state index in [-0.39, 0.29) is 11.8 Å². The number of aryl methyl sites for hydroxylation is 2. The summed E-state index contributed by atoms with van der Waals surface area (Å²) in [6.07, 6.45) is 6.94. The summed E-state index contributed by atoms with van der Waals surface area (Å²) < 4.78 is 33.7. The quantitative estimate of drug-likeness (QED) is 0.467. The van der Waals surface area contributed by atoms with Gasteiger partial charge in [-0.15, -0.1) is 11.3 Å². The molecular weight excluding hydrogens is 468 g/mol. The fraction of sp³-hybridized carbons (Fsp3) is 0.423. The van der Waals surface area contributed by atoms with E-state index in [9.17, 15) is 13.2 Å². The molecule has 1 saturated heterocycles. The summed E-state index contributed by atoms with van der Waals surface area (Å²) in [5.41, 5.74) is 2.44. The molecule has 0 radical (unpaired) electrons. The maximum absolute atomic E-state index is 13.5. The molecule has 0 unspecified atom stereocenters. The Morgan fingerprint density at radius 2 is 1.82 bits per heavy atom. The first-order chi connectivity index (χ1) is 16.5. The van der Waals surface area contributed by atoms with Crippen LogP contribution in [-0.2, 0) is 40.7 Å². The Bertz CT molecular complexity index is 1180.